The Morgan fingerprint density at radius 1 is 1.11 bits per heavy atom. The second kappa shape index (κ2) is 10.1. The van der Waals surface area contributed by atoms with Crippen molar-refractivity contribution in [1.29, 1.82) is 0 Å². The van der Waals surface area contributed by atoms with Gasteiger partial charge in [-0.2, -0.15) is 0 Å². The van der Waals surface area contributed by atoms with Crippen molar-refractivity contribution >= 4 is 18.0 Å². The molecule has 7 heteroatoms. The lowest BCUT2D eigenvalue weighted by Gasteiger charge is -2.19. The first-order valence-electron chi connectivity index (χ1n) is 8.35. The zero-order valence-corrected chi connectivity index (χ0v) is 15.6. The topological polar surface area (TPSA) is 78.2 Å². The van der Waals surface area contributed by atoms with E-state index >= 15 is 0 Å². The van der Waals surface area contributed by atoms with Crippen molar-refractivity contribution in [1.82, 2.24) is 4.90 Å². The number of esters is 1. The molecule has 0 aliphatic carbocycles. The van der Waals surface area contributed by atoms with Gasteiger partial charge >= 0.3 is 5.97 Å². The minimum atomic E-state index is -0.379. The smallest absolute Gasteiger partial charge is 0.307 e. The van der Waals surface area contributed by atoms with E-state index in [0.29, 0.717) is 17.3 Å². The lowest BCUT2D eigenvalue weighted by Crippen LogP contribution is -2.31. The zero-order valence-electron chi connectivity index (χ0n) is 15.6. The van der Waals surface area contributed by atoms with Crippen LogP contribution in [0.5, 0.6) is 11.5 Å². The average molecular weight is 373 g/mol. The van der Waals surface area contributed by atoms with Crippen molar-refractivity contribution < 1.29 is 28.2 Å². The van der Waals surface area contributed by atoms with E-state index in [1.165, 1.54) is 24.3 Å². The number of benzene rings is 1. The van der Waals surface area contributed by atoms with Gasteiger partial charge in [-0.15, -0.1) is 0 Å². The van der Waals surface area contributed by atoms with Gasteiger partial charge < -0.3 is 23.5 Å². The molecule has 1 aromatic heterocycles. The molecule has 7 nitrogen and oxygen atoms in total. The number of hydrogen-bond donors (Lipinski definition) is 0. The third-order valence-corrected chi connectivity index (χ3v) is 3.88. The molecule has 0 fully saturated rings. The average Bonchev–Trinajstić information content (AvgIpc) is 3.21. The first-order valence-corrected chi connectivity index (χ1v) is 8.35. The molecule has 2 aromatic rings. The molecule has 0 bridgehead atoms. The van der Waals surface area contributed by atoms with E-state index in [-0.39, 0.29) is 31.4 Å². The minimum absolute atomic E-state index is 0.104. The van der Waals surface area contributed by atoms with Gasteiger partial charge in [0.15, 0.2) is 11.5 Å². The van der Waals surface area contributed by atoms with Crippen molar-refractivity contribution in [2.24, 2.45) is 0 Å². The van der Waals surface area contributed by atoms with Crippen molar-refractivity contribution in [2.75, 3.05) is 27.9 Å². The Balaban J connectivity index is 2.11. The fraction of sp³-hybridized carbons (Fsp3) is 0.300. The van der Waals surface area contributed by atoms with Crippen LogP contribution < -0.4 is 9.47 Å². The highest BCUT2D eigenvalue weighted by Gasteiger charge is 2.15. The fourth-order valence-electron chi connectivity index (χ4n) is 2.42. The molecular weight excluding hydrogens is 350 g/mol. The fourth-order valence-corrected chi connectivity index (χ4v) is 2.42. The maximum absolute atomic E-state index is 12.6. The maximum atomic E-state index is 12.6. The summed E-state index contributed by atoms with van der Waals surface area (Å²) in [6, 6.07) is 8.87. The van der Waals surface area contributed by atoms with Gasteiger partial charge in [-0.3, -0.25) is 9.59 Å². The zero-order chi connectivity index (χ0) is 19.6. The van der Waals surface area contributed by atoms with E-state index in [0.717, 1.165) is 5.56 Å². The van der Waals surface area contributed by atoms with Crippen molar-refractivity contribution in [3.8, 4) is 11.5 Å². The summed E-state index contributed by atoms with van der Waals surface area (Å²) in [5.41, 5.74) is 0.784. The van der Waals surface area contributed by atoms with Gasteiger partial charge in [0.1, 0.15) is 5.76 Å². The van der Waals surface area contributed by atoms with E-state index in [4.69, 9.17) is 13.9 Å². The summed E-state index contributed by atoms with van der Waals surface area (Å²) in [6.07, 6.45) is 4.77. The van der Waals surface area contributed by atoms with E-state index < -0.39 is 0 Å². The van der Waals surface area contributed by atoms with Crippen LogP contribution >= 0.6 is 0 Å². The molecule has 1 heterocycles. The Bertz CT molecular complexity index is 782. The first-order chi connectivity index (χ1) is 13.1. The summed E-state index contributed by atoms with van der Waals surface area (Å²) in [4.78, 5) is 25.6. The highest BCUT2D eigenvalue weighted by atomic mass is 16.5. The number of rotatable bonds is 9. The van der Waals surface area contributed by atoms with Gasteiger partial charge in [-0.05, 0) is 35.9 Å². The van der Waals surface area contributed by atoms with E-state index in [9.17, 15) is 9.59 Å². The lowest BCUT2D eigenvalue weighted by atomic mass is 10.2. The Morgan fingerprint density at radius 2 is 1.89 bits per heavy atom. The molecule has 0 saturated heterocycles. The van der Waals surface area contributed by atoms with Crippen LogP contribution in [0.2, 0.25) is 0 Å². The normalized spacial score (nSPS) is 10.6. The highest BCUT2D eigenvalue weighted by molar-refractivity contribution is 5.92. The summed E-state index contributed by atoms with van der Waals surface area (Å²) in [6.45, 7) is 0.488. The minimum Gasteiger partial charge on any atom is -0.493 e. The molecule has 144 valence electrons. The predicted octanol–water partition coefficient (Wildman–Crippen LogP) is 2.90. The SMILES string of the molecule is COC(=O)CCN(Cc1ccco1)C(=O)/C=C/c1ccc(OC)c(OC)c1. The van der Waals surface area contributed by atoms with Gasteiger partial charge in [0.25, 0.3) is 0 Å². The Morgan fingerprint density at radius 3 is 2.52 bits per heavy atom. The molecule has 0 N–H and O–H groups in total. The van der Waals surface area contributed by atoms with Crippen LogP contribution in [0.15, 0.2) is 47.1 Å². The number of furan rings is 1. The summed E-state index contributed by atoms with van der Waals surface area (Å²) in [5.74, 6) is 1.19. The van der Waals surface area contributed by atoms with E-state index in [1.54, 1.807) is 44.6 Å². The molecule has 1 aromatic carbocycles. The van der Waals surface area contributed by atoms with Crippen LogP contribution in [-0.4, -0.2) is 44.7 Å². The Kier molecular flexibility index (Phi) is 7.49. The summed E-state index contributed by atoms with van der Waals surface area (Å²) in [7, 11) is 4.43. The van der Waals surface area contributed by atoms with Gasteiger partial charge in [0.2, 0.25) is 5.91 Å². The number of hydrogen-bond acceptors (Lipinski definition) is 6. The highest BCUT2D eigenvalue weighted by Crippen LogP contribution is 2.28. The molecule has 0 atom stereocenters. The Hall–Kier alpha value is -3.22. The molecule has 1 amide bonds. The standard InChI is InChI=1S/C20H23NO6/c1-24-17-8-6-15(13-18(17)25-2)7-9-19(22)21(11-10-20(23)26-3)14-16-5-4-12-27-16/h4-9,12-13H,10-11,14H2,1-3H3/b9-7+. The van der Waals surface area contributed by atoms with Crippen LogP contribution in [0.4, 0.5) is 0 Å². The predicted molar refractivity (Wildman–Crippen MR) is 99.3 cm³/mol. The quantitative estimate of drug-likeness (QED) is 0.497. The molecular formula is C20H23NO6. The Labute approximate surface area is 158 Å². The van der Waals surface area contributed by atoms with Crippen molar-refractivity contribution in [3.63, 3.8) is 0 Å². The van der Waals surface area contributed by atoms with Crippen LogP contribution in [0.1, 0.15) is 17.7 Å². The number of carbonyl (C=O) groups excluding carboxylic acids is 2. The third-order valence-electron chi connectivity index (χ3n) is 3.88. The third kappa shape index (κ3) is 5.91. The largest absolute Gasteiger partial charge is 0.493 e. The maximum Gasteiger partial charge on any atom is 0.307 e. The molecule has 0 radical (unpaired) electrons. The van der Waals surface area contributed by atoms with Crippen LogP contribution in [0.3, 0.4) is 0 Å². The lowest BCUT2D eigenvalue weighted by molar-refractivity contribution is -0.141. The van der Waals surface area contributed by atoms with Crippen molar-refractivity contribution in [3.05, 3.63) is 54.0 Å². The van der Waals surface area contributed by atoms with Gasteiger partial charge in [0.05, 0.1) is 40.6 Å². The van der Waals surface area contributed by atoms with Gasteiger partial charge in [-0.1, -0.05) is 6.07 Å². The van der Waals surface area contributed by atoms with Crippen LogP contribution in [0, 0.1) is 0 Å². The summed E-state index contributed by atoms with van der Waals surface area (Å²) >= 11 is 0. The number of methoxy groups -OCH3 is 3. The molecule has 0 spiro atoms. The molecule has 2 rings (SSSR count). The van der Waals surface area contributed by atoms with Crippen LogP contribution in [0.25, 0.3) is 6.08 Å². The summed E-state index contributed by atoms with van der Waals surface area (Å²) < 4.78 is 20.4. The van der Waals surface area contributed by atoms with E-state index in [1.807, 2.05) is 6.07 Å². The second-order valence-corrected chi connectivity index (χ2v) is 5.61. The summed E-state index contributed by atoms with van der Waals surface area (Å²) in [5, 5.41) is 0. The molecule has 0 saturated carbocycles. The molecule has 0 aliphatic rings. The number of amides is 1. The molecule has 27 heavy (non-hydrogen) atoms. The number of ether oxygens (including phenoxy) is 3. The number of nitrogens with zero attached hydrogens (tertiary/aromatic N) is 1. The van der Waals surface area contributed by atoms with Gasteiger partial charge in [-0.25, -0.2) is 0 Å². The number of carbonyl (C=O) groups is 2. The van der Waals surface area contributed by atoms with Crippen LogP contribution in [-0.2, 0) is 20.9 Å². The van der Waals surface area contributed by atoms with E-state index in [2.05, 4.69) is 4.74 Å². The monoisotopic (exact) mass is 373 g/mol. The second-order valence-electron chi connectivity index (χ2n) is 5.61. The molecule has 0 unspecified atom stereocenters. The molecule has 0 aliphatic heterocycles. The first kappa shape index (κ1) is 20.1. The van der Waals surface area contributed by atoms with Crippen molar-refractivity contribution in [2.45, 2.75) is 13.0 Å². The van der Waals surface area contributed by atoms with Gasteiger partial charge in [0, 0.05) is 12.6 Å².